The summed E-state index contributed by atoms with van der Waals surface area (Å²) in [4.78, 5) is 25.8. The molecule has 2 heterocycles. The van der Waals surface area contributed by atoms with Gasteiger partial charge in [-0.25, -0.2) is 17.9 Å². The molecule has 2 N–H and O–H groups in total. The van der Waals surface area contributed by atoms with Crippen molar-refractivity contribution in [3.63, 3.8) is 0 Å². The molecular weight excluding hydrogens is 418 g/mol. The molecule has 0 radical (unpaired) electrons. The molecule has 0 bridgehead atoms. The highest BCUT2D eigenvalue weighted by Gasteiger charge is 2.36. The number of hydrogen-bond donors (Lipinski definition) is 2. The second-order valence-electron chi connectivity index (χ2n) is 8.68. The number of benzene rings is 2. The highest BCUT2D eigenvalue weighted by molar-refractivity contribution is 7.89. The molecule has 0 saturated carbocycles. The van der Waals surface area contributed by atoms with E-state index in [4.69, 9.17) is 4.74 Å². The molecule has 1 fully saturated rings. The Morgan fingerprint density at radius 3 is 2.68 bits per heavy atom. The van der Waals surface area contributed by atoms with Gasteiger partial charge in [0.2, 0.25) is 10.0 Å². The molecule has 4 rings (SSSR count). The summed E-state index contributed by atoms with van der Waals surface area (Å²) >= 11 is 0. The lowest BCUT2D eigenvalue weighted by Crippen LogP contribution is -2.35. The monoisotopic (exact) mass is 443 g/mol. The molecule has 2 aliphatic heterocycles. The third-order valence-electron chi connectivity index (χ3n) is 5.65. The Kier molecular flexibility index (Phi) is 5.17. The number of carbonyl (C=O) groups is 2. The minimum Gasteiger partial charge on any atom is -0.447 e. The average molecular weight is 444 g/mol. The van der Waals surface area contributed by atoms with Crippen LogP contribution in [0.4, 0.5) is 16.2 Å². The van der Waals surface area contributed by atoms with Crippen LogP contribution in [0.5, 0.6) is 0 Å². The van der Waals surface area contributed by atoms with Crippen molar-refractivity contribution in [1.82, 2.24) is 4.72 Å². The SMILES string of the molecule is CC1(C)Cc2cc(C(=O)NS(C)(=O)=O)ccc2NC1c1cccc(N2CCOC2=O)c1. The number of carbonyl (C=O) groups excluding carboxylic acids is 2. The molecule has 2 aromatic rings. The van der Waals surface area contributed by atoms with Crippen LogP contribution in [0, 0.1) is 5.41 Å². The zero-order chi connectivity index (χ0) is 22.4. The summed E-state index contributed by atoms with van der Waals surface area (Å²) in [6.45, 7) is 5.19. The minimum absolute atomic E-state index is 0.0192. The molecule has 1 saturated heterocycles. The van der Waals surface area contributed by atoms with Gasteiger partial charge in [-0.3, -0.25) is 9.69 Å². The zero-order valence-corrected chi connectivity index (χ0v) is 18.5. The first-order valence-electron chi connectivity index (χ1n) is 9.99. The van der Waals surface area contributed by atoms with Gasteiger partial charge in [0.1, 0.15) is 6.61 Å². The molecule has 1 atom stereocenters. The van der Waals surface area contributed by atoms with Crippen molar-refractivity contribution in [2.24, 2.45) is 5.41 Å². The maximum Gasteiger partial charge on any atom is 0.414 e. The Balaban J connectivity index is 1.62. The molecule has 2 aromatic carbocycles. The van der Waals surface area contributed by atoms with Crippen LogP contribution < -0.4 is 14.9 Å². The van der Waals surface area contributed by atoms with E-state index >= 15 is 0 Å². The third-order valence-corrected chi connectivity index (χ3v) is 6.21. The van der Waals surface area contributed by atoms with Gasteiger partial charge in [-0.2, -0.15) is 0 Å². The number of anilines is 2. The van der Waals surface area contributed by atoms with Gasteiger partial charge >= 0.3 is 6.09 Å². The molecule has 164 valence electrons. The van der Waals surface area contributed by atoms with Gasteiger partial charge in [0, 0.05) is 16.9 Å². The smallest absolute Gasteiger partial charge is 0.414 e. The molecule has 9 heteroatoms. The Hall–Kier alpha value is -3.07. The second-order valence-corrected chi connectivity index (χ2v) is 10.4. The van der Waals surface area contributed by atoms with Gasteiger partial charge in [0.25, 0.3) is 5.91 Å². The number of nitrogens with one attached hydrogen (secondary N) is 2. The molecule has 0 aliphatic carbocycles. The van der Waals surface area contributed by atoms with E-state index in [0.717, 1.165) is 28.8 Å². The van der Waals surface area contributed by atoms with Crippen LogP contribution >= 0.6 is 0 Å². The summed E-state index contributed by atoms with van der Waals surface area (Å²) < 4.78 is 29.8. The van der Waals surface area contributed by atoms with Crippen LogP contribution in [-0.4, -0.2) is 39.8 Å². The summed E-state index contributed by atoms with van der Waals surface area (Å²) in [6, 6.07) is 13.0. The Labute approximate surface area is 181 Å². The fraction of sp³-hybridized carbons (Fsp3) is 0.364. The maximum atomic E-state index is 12.2. The first-order valence-corrected chi connectivity index (χ1v) is 11.9. The van der Waals surface area contributed by atoms with Gasteiger partial charge in [-0.1, -0.05) is 26.0 Å². The van der Waals surface area contributed by atoms with Crippen LogP contribution in [0.3, 0.4) is 0 Å². The average Bonchev–Trinajstić information content (AvgIpc) is 3.11. The number of fused-ring (bicyclic) bond motifs is 1. The summed E-state index contributed by atoms with van der Waals surface area (Å²) in [7, 11) is -3.63. The van der Waals surface area contributed by atoms with Crippen LogP contribution in [0.1, 0.15) is 41.4 Å². The topological polar surface area (TPSA) is 105 Å². The lowest BCUT2D eigenvalue weighted by Gasteiger charge is -2.41. The van der Waals surface area contributed by atoms with E-state index in [1.54, 1.807) is 23.1 Å². The molecule has 8 nitrogen and oxygen atoms in total. The fourth-order valence-electron chi connectivity index (χ4n) is 4.23. The zero-order valence-electron chi connectivity index (χ0n) is 17.6. The van der Waals surface area contributed by atoms with Gasteiger partial charge in [-0.05, 0) is 53.3 Å². The molecule has 31 heavy (non-hydrogen) atoms. The normalized spacial score (nSPS) is 19.9. The van der Waals surface area contributed by atoms with Gasteiger partial charge in [-0.15, -0.1) is 0 Å². The van der Waals surface area contributed by atoms with Crippen molar-refractivity contribution in [1.29, 1.82) is 0 Å². The van der Waals surface area contributed by atoms with E-state index in [0.29, 0.717) is 25.1 Å². The molecule has 0 aromatic heterocycles. The number of amides is 2. The maximum absolute atomic E-state index is 12.2. The molecule has 1 unspecified atom stereocenters. The number of ether oxygens (including phenoxy) is 1. The highest BCUT2D eigenvalue weighted by Crippen LogP contribution is 2.45. The summed E-state index contributed by atoms with van der Waals surface area (Å²) in [5, 5.41) is 3.56. The first-order chi connectivity index (χ1) is 14.5. The third kappa shape index (κ3) is 4.36. The minimum atomic E-state index is -3.63. The Bertz CT molecular complexity index is 1160. The van der Waals surface area contributed by atoms with E-state index in [2.05, 4.69) is 19.2 Å². The van der Waals surface area contributed by atoms with Gasteiger partial charge in [0.15, 0.2) is 0 Å². The lowest BCUT2D eigenvalue weighted by atomic mass is 9.72. The molecular formula is C22H25N3O5S. The summed E-state index contributed by atoms with van der Waals surface area (Å²) in [5.74, 6) is -0.643. The van der Waals surface area contributed by atoms with Gasteiger partial charge in [0.05, 0.1) is 18.8 Å². The number of sulfonamides is 1. The van der Waals surface area contributed by atoms with Crippen molar-refractivity contribution in [3.8, 4) is 0 Å². The highest BCUT2D eigenvalue weighted by atomic mass is 32.2. The predicted molar refractivity (Wildman–Crippen MR) is 118 cm³/mol. The van der Waals surface area contributed by atoms with Crippen LogP contribution in [0.25, 0.3) is 0 Å². The number of cyclic esters (lactones) is 1. The van der Waals surface area contributed by atoms with Crippen molar-refractivity contribution >= 4 is 33.4 Å². The number of rotatable bonds is 4. The van der Waals surface area contributed by atoms with Crippen molar-refractivity contribution in [3.05, 3.63) is 59.2 Å². The molecule has 2 aliphatic rings. The Morgan fingerprint density at radius 1 is 1.23 bits per heavy atom. The van der Waals surface area contributed by atoms with Crippen molar-refractivity contribution in [2.45, 2.75) is 26.3 Å². The van der Waals surface area contributed by atoms with Crippen LogP contribution in [0.15, 0.2) is 42.5 Å². The first kappa shape index (κ1) is 21.2. The fourth-order valence-corrected chi connectivity index (χ4v) is 4.68. The van der Waals surface area contributed by atoms with Crippen LogP contribution in [0.2, 0.25) is 0 Å². The van der Waals surface area contributed by atoms with Gasteiger partial charge < -0.3 is 10.1 Å². The van der Waals surface area contributed by atoms with Crippen LogP contribution in [-0.2, 0) is 21.2 Å². The number of hydrogen-bond acceptors (Lipinski definition) is 6. The largest absolute Gasteiger partial charge is 0.447 e. The summed E-state index contributed by atoms with van der Waals surface area (Å²) in [6.07, 6.45) is 1.31. The van der Waals surface area contributed by atoms with E-state index < -0.39 is 15.9 Å². The predicted octanol–water partition coefficient (Wildman–Crippen LogP) is 3.07. The quantitative estimate of drug-likeness (QED) is 0.753. The summed E-state index contributed by atoms with van der Waals surface area (Å²) in [5.41, 5.74) is 3.79. The second kappa shape index (κ2) is 7.56. The van der Waals surface area contributed by atoms with E-state index in [-0.39, 0.29) is 17.6 Å². The van der Waals surface area contributed by atoms with E-state index in [1.165, 1.54) is 0 Å². The van der Waals surface area contributed by atoms with Crippen molar-refractivity contribution in [2.75, 3.05) is 29.6 Å². The van der Waals surface area contributed by atoms with E-state index in [1.807, 2.05) is 29.0 Å². The van der Waals surface area contributed by atoms with E-state index in [9.17, 15) is 18.0 Å². The van der Waals surface area contributed by atoms with Crippen molar-refractivity contribution < 1.29 is 22.7 Å². The molecule has 0 spiro atoms. The lowest BCUT2D eigenvalue weighted by molar-refractivity contribution is 0.0981. The number of nitrogens with zero attached hydrogens (tertiary/aromatic N) is 1. The Morgan fingerprint density at radius 2 is 2.00 bits per heavy atom. The molecule has 2 amide bonds. The standard InChI is InChI=1S/C22H25N3O5S/c1-22(2)13-16-11-15(20(26)24-31(3,28)29)7-8-18(16)23-19(22)14-5-4-6-17(12-14)25-9-10-30-21(25)27/h4-8,11-12,19,23H,9-10,13H2,1-3H3,(H,24,26).